The van der Waals surface area contributed by atoms with Crippen LogP contribution < -0.4 is 0 Å². The molecule has 2 aromatic rings. The molecule has 66 valence electrons. The monoisotopic (exact) mass is 182 g/mol. The average Bonchev–Trinajstić information content (AvgIpc) is 2.51. The molecule has 0 N–H and O–H groups in total. The van der Waals surface area contributed by atoms with Crippen LogP contribution in [0, 0.1) is 11.6 Å². The SMILES string of the molecule is [2H]c1cn(-c2ccc(F)cc2F)nn1. The van der Waals surface area contributed by atoms with E-state index >= 15 is 0 Å². The highest BCUT2D eigenvalue weighted by molar-refractivity contribution is 5.32. The highest BCUT2D eigenvalue weighted by Gasteiger charge is 2.05. The summed E-state index contributed by atoms with van der Waals surface area (Å²) in [4.78, 5) is 0. The minimum Gasteiger partial charge on any atom is -0.218 e. The van der Waals surface area contributed by atoms with E-state index in [2.05, 4.69) is 10.3 Å². The average molecular weight is 182 g/mol. The second-order valence-electron chi connectivity index (χ2n) is 2.39. The van der Waals surface area contributed by atoms with Gasteiger partial charge in [0.05, 0.1) is 13.7 Å². The molecular formula is C8H5F2N3. The van der Waals surface area contributed by atoms with E-state index in [0.29, 0.717) is 0 Å². The summed E-state index contributed by atoms with van der Waals surface area (Å²) < 4.78 is 33.9. The third-order valence-corrected chi connectivity index (χ3v) is 1.54. The Morgan fingerprint density at radius 3 is 2.85 bits per heavy atom. The van der Waals surface area contributed by atoms with Crippen molar-refractivity contribution < 1.29 is 10.2 Å². The molecule has 1 aromatic carbocycles. The van der Waals surface area contributed by atoms with Crippen LogP contribution in [0.5, 0.6) is 0 Å². The van der Waals surface area contributed by atoms with Gasteiger partial charge in [0.2, 0.25) is 0 Å². The van der Waals surface area contributed by atoms with Crippen molar-refractivity contribution in [2.24, 2.45) is 0 Å². The normalized spacial score (nSPS) is 11.4. The number of hydrogen-bond acceptors (Lipinski definition) is 2. The molecule has 0 radical (unpaired) electrons. The molecule has 13 heavy (non-hydrogen) atoms. The van der Waals surface area contributed by atoms with Crippen molar-refractivity contribution in [1.82, 2.24) is 15.0 Å². The van der Waals surface area contributed by atoms with Crippen LogP contribution >= 0.6 is 0 Å². The molecule has 0 atom stereocenters. The fourth-order valence-corrected chi connectivity index (χ4v) is 0.965. The van der Waals surface area contributed by atoms with Crippen LogP contribution in [0.2, 0.25) is 0 Å². The van der Waals surface area contributed by atoms with Crippen molar-refractivity contribution in [3.05, 3.63) is 42.2 Å². The Hall–Kier alpha value is -1.78. The van der Waals surface area contributed by atoms with Crippen molar-refractivity contribution in [3.8, 4) is 5.69 Å². The summed E-state index contributed by atoms with van der Waals surface area (Å²) in [7, 11) is 0. The van der Waals surface area contributed by atoms with E-state index in [1.54, 1.807) is 0 Å². The first kappa shape index (κ1) is 6.71. The van der Waals surface area contributed by atoms with E-state index in [0.717, 1.165) is 16.8 Å². The number of halogens is 2. The smallest absolute Gasteiger partial charge is 0.151 e. The summed E-state index contributed by atoms with van der Waals surface area (Å²) in [5.41, 5.74) is 0.0670. The Kier molecular flexibility index (Phi) is 1.51. The lowest BCUT2D eigenvalue weighted by atomic mass is 10.3. The molecule has 0 amide bonds. The molecule has 1 heterocycles. The summed E-state index contributed by atoms with van der Waals surface area (Å²) in [5, 5.41) is 6.87. The van der Waals surface area contributed by atoms with Gasteiger partial charge in [-0.2, -0.15) is 0 Å². The van der Waals surface area contributed by atoms with E-state index in [4.69, 9.17) is 1.37 Å². The molecular weight excluding hydrogens is 176 g/mol. The van der Waals surface area contributed by atoms with Crippen LogP contribution in [0.15, 0.2) is 30.6 Å². The standard InChI is InChI=1S/C8H5F2N3/c9-6-1-2-8(7(10)5-6)13-4-3-11-12-13/h1-5H/i3D. The summed E-state index contributed by atoms with van der Waals surface area (Å²) >= 11 is 0. The molecule has 0 spiro atoms. The summed E-state index contributed by atoms with van der Waals surface area (Å²) in [5.74, 6) is -1.40. The summed E-state index contributed by atoms with van der Waals surface area (Å²) in [6.07, 6.45) is 1.16. The molecule has 0 unspecified atom stereocenters. The molecule has 0 saturated heterocycles. The second kappa shape index (κ2) is 2.93. The first-order chi connectivity index (χ1) is 6.66. The Morgan fingerprint density at radius 2 is 2.23 bits per heavy atom. The quantitative estimate of drug-likeness (QED) is 0.669. The Balaban J connectivity index is 2.52. The lowest BCUT2D eigenvalue weighted by Gasteiger charge is -2.00. The maximum Gasteiger partial charge on any atom is 0.151 e. The van der Waals surface area contributed by atoms with E-state index in [1.807, 2.05) is 0 Å². The van der Waals surface area contributed by atoms with Gasteiger partial charge in [-0.1, -0.05) is 5.21 Å². The molecule has 0 bridgehead atoms. The van der Waals surface area contributed by atoms with Gasteiger partial charge in [0.15, 0.2) is 5.82 Å². The predicted octanol–water partition coefficient (Wildman–Crippen LogP) is 1.55. The van der Waals surface area contributed by atoms with E-state index in [-0.39, 0.29) is 11.9 Å². The Morgan fingerprint density at radius 1 is 1.38 bits per heavy atom. The van der Waals surface area contributed by atoms with Gasteiger partial charge < -0.3 is 0 Å². The van der Waals surface area contributed by atoms with Crippen molar-refractivity contribution in [3.63, 3.8) is 0 Å². The minimum atomic E-state index is -0.741. The fourth-order valence-electron chi connectivity index (χ4n) is 0.965. The topological polar surface area (TPSA) is 30.7 Å². The predicted molar refractivity (Wildman–Crippen MR) is 41.3 cm³/mol. The largest absolute Gasteiger partial charge is 0.218 e. The summed E-state index contributed by atoms with van der Waals surface area (Å²) in [6.45, 7) is 0. The van der Waals surface area contributed by atoms with Gasteiger partial charge in [-0.15, -0.1) is 5.10 Å². The Bertz CT molecular complexity index is 469. The molecule has 5 heteroatoms. The number of hydrogen-bond donors (Lipinski definition) is 0. The summed E-state index contributed by atoms with van der Waals surface area (Å²) in [6, 6.07) is 3.10. The number of rotatable bonds is 1. The molecule has 2 rings (SSSR count). The molecule has 0 aliphatic carbocycles. The van der Waals surface area contributed by atoms with Crippen molar-refractivity contribution in [2.45, 2.75) is 0 Å². The van der Waals surface area contributed by atoms with Gasteiger partial charge in [0.1, 0.15) is 11.5 Å². The van der Waals surface area contributed by atoms with Gasteiger partial charge in [-0.25, -0.2) is 13.5 Å². The van der Waals surface area contributed by atoms with Gasteiger partial charge in [0.25, 0.3) is 0 Å². The third-order valence-electron chi connectivity index (χ3n) is 1.54. The third kappa shape index (κ3) is 1.40. The first-order valence-corrected chi connectivity index (χ1v) is 3.51. The zero-order chi connectivity index (χ0) is 10.1. The van der Waals surface area contributed by atoms with Gasteiger partial charge in [0, 0.05) is 6.07 Å². The highest BCUT2D eigenvalue weighted by atomic mass is 19.1. The number of aromatic nitrogens is 3. The molecule has 0 saturated carbocycles. The van der Waals surface area contributed by atoms with Crippen LogP contribution in [0.4, 0.5) is 8.78 Å². The van der Waals surface area contributed by atoms with E-state index in [9.17, 15) is 8.78 Å². The lowest BCUT2D eigenvalue weighted by Crippen LogP contribution is -1.98. The van der Waals surface area contributed by atoms with Gasteiger partial charge in [-0.3, -0.25) is 0 Å². The van der Waals surface area contributed by atoms with Crippen molar-refractivity contribution >= 4 is 0 Å². The maximum absolute atomic E-state index is 13.2. The molecule has 0 aliphatic heterocycles. The zero-order valence-electron chi connectivity index (χ0n) is 7.41. The fraction of sp³-hybridized carbons (Fsp3) is 0. The van der Waals surface area contributed by atoms with Crippen LogP contribution in [0.25, 0.3) is 5.69 Å². The highest BCUT2D eigenvalue weighted by Crippen LogP contribution is 2.12. The van der Waals surface area contributed by atoms with Crippen LogP contribution in [-0.2, 0) is 0 Å². The number of nitrogens with zero attached hydrogens (tertiary/aromatic N) is 3. The molecule has 1 aromatic heterocycles. The first-order valence-electron chi connectivity index (χ1n) is 4.01. The van der Waals surface area contributed by atoms with E-state index in [1.165, 1.54) is 12.3 Å². The minimum absolute atomic E-state index is 0.0670. The zero-order valence-corrected chi connectivity index (χ0v) is 6.41. The van der Waals surface area contributed by atoms with E-state index < -0.39 is 11.6 Å². The number of benzene rings is 1. The van der Waals surface area contributed by atoms with Crippen LogP contribution in [0.3, 0.4) is 0 Å². The van der Waals surface area contributed by atoms with Crippen LogP contribution in [-0.4, -0.2) is 15.0 Å². The van der Waals surface area contributed by atoms with Crippen molar-refractivity contribution in [1.29, 1.82) is 0 Å². The van der Waals surface area contributed by atoms with Crippen LogP contribution in [0.1, 0.15) is 1.37 Å². The van der Waals surface area contributed by atoms with Gasteiger partial charge in [-0.05, 0) is 12.1 Å². The molecule has 3 nitrogen and oxygen atoms in total. The Labute approximate surface area is 74.0 Å². The lowest BCUT2D eigenvalue weighted by molar-refractivity contribution is 0.572. The van der Waals surface area contributed by atoms with Gasteiger partial charge >= 0.3 is 0 Å². The molecule has 0 fully saturated rings. The molecule has 0 aliphatic rings. The second-order valence-corrected chi connectivity index (χ2v) is 2.39. The van der Waals surface area contributed by atoms with Crippen molar-refractivity contribution in [2.75, 3.05) is 0 Å². The maximum atomic E-state index is 13.2.